The van der Waals surface area contributed by atoms with Gasteiger partial charge in [0.05, 0.1) is 16.6 Å². The van der Waals surface area contributed by atoms with Crippen molar-refractivity contribution in [2.24, 2.45) is 7.05 Å². The zero-order valence-electron chi connectivity index (χ0n) is 12.3. The Morgan fingerprint density at radius 1 is 1.35 bits per heavy atom. The van der Waals surface area contributed by atoms with E-state index in [4.69, 9.17) is 4.74 Å². The van der Waals surface area contributed by atoms with E-state index in [1.165, 1.54) is 16.8 Å². The van der Waals surface area contributed by atoms with Gasteiger partial charge in [0.25, 0.3) is 5.69 Å². The fourth-order valence-electron chi connectivity index (χ4n) is 2.35. The van der Waals surface area contributed by atoms with Gasteiger partial charge in [-0.3, -0.25) is 15.1 Å². The maximum atomic E-state index is 12.1. The molecule has 0 aliphatic heterocycles. The lowest BCUT2D eigenvalue weighted by molar-refractivity contribution is -0.384. The number of carbonyl (C=O) groups is 1. The Morgan fingerprint density at radius 3 is 2.87 bits per heavy atom. The van der Waals surface area contributed by atoms with Crippen LogP contribution in [0.5, 0.6) is 0 Å². The Kier molecular flexibility index (Phi) is 3.76. The molecule has 0 radical (unpaired) electrons. The van der Waals surface area contributed by atoms with Crippen molar-refractivity contribution < 1.29 is 14.5 Å². The third kappa shape index (κ3) is 2.89. The van der Waals surface area contributed by atoms with E-state index >= 15 is 0 Å². The quantitative estimate of drug-likeness (QED) is 0.420. The van der Waals surface area contributed by atoms with Gasteiger partial charge in [-0.25, -0.2) is 4.79 Å². The fraction of sp³-hybridized carbons (Fsp3) is 0.125. The first kappa shape index (κ1) is 14.7. The number of para-hydroxylation sites is 1. The highest BCUT2D eigenvalue weighted by atomic mass is 16.6. The molecule has 0 aliphatic carbocycles. The maximum Gasteiger partial charge on any atom is 0.355 e. The minimum absolute atomic E-state index is 0.0478. The van der Waals surface area contributed by atoms with Crippen molar-refractivity contribution in [3.8, 4) is 0 Å². The van der Waals surface area contributed by atoms with Crippen LogP contribution in [0.2, 0.25) is 0 Å². The number of nitro groups is 1. The third-order valence-electron chi connectivity index (χ3n) is 3.49. The second-order valence-corrected chi connectivity index (χ2v) is 5.02. The van der Waals surface area contributed by atoms with Gasteiger partial charge in [0.2, 0.25) is 0 Å². The predicted octanol–water partition coefficient (Wildman–Crippen LogP) is 2.84. The van der Waals surface area contributed by atoms with Gasteiger partial charge in [-0.05, 0) is 6.07 Å². The summed E-state index contributed by atoms with van der Waals surface area (Å²) in [5.41, 5.74) is 1.52. The van der Waals surface area contributed by atoms with Crippen LogP contribution in [0.4, 0.5) is 5.69 Å². The van der Waals surface area contributed by atoms with E-state index in [0.717, 1.165) is 16.5 Å². The number of ether oxygens (including phenoxy) is 1. The molecule has 0 saturated carbocycles. The molecule has 7 heteroatoms. The van der Waals surface area contributed by atoms with Crippen molar-refractivity contribution in [3.63, 3.8) is 0 Å². The number of nitrogens with zero attached hydrogens (tertiary/aromatic N) is 3. The van der Waals surface area contributed by atoms with Gasteiger partial charge in [0.1, 0.15) is 12.3 Å². The second-order valence-electron chi connectivity index (χ2n) is 5.02. The standard InChI is InChI=1S/C16H13N3O4/c1-18-9-13(19(21)22)8-14(18)16(20)23-10-12-5-2-4-11-6-3-7-17-15(11)12/h2-9H,10H2,1H3. The summed E-state index contributed by atoms with van der Waals surface area (Å²) in [6, 6.07) is 10.6. The summed E-state index contributed by atoms with van der Waals surface area (Å²) in [6.07, 6.45) is 2.95. The molecular formula is C16H13N3O4. The molecule has 1 aromatic carbocycles. The van der Waals surface area contributed by atoms with Crippen LogP contribution >= 0.6 is 0 Å². The smallest absolute Gasteiger partial charge is 0.355 e. The molecule has 0 aliphatic rings. The minimum atomic E-state index is -0.617. The molecule has 0 atom stereocenters. The highest BCUT2D eigenvalue weighted by Gasteiger charge is 2.19. The van der Waals surface area contributed by atoms with Gasteiger partial charge in [0.15, 0.2) is 0 Å². The monoisotopic (exact) mass is 311 g/mol. The number of benzene rings is 1. The third-order valence-corrected chi connectivity index (χ3v) is 3.49. The summed E-state index contributed by atoms with van der Waals surface area (Å²) in [4.78, 5) is 26.6. The van der Waals surface area contributed by atoms with Gasteiger partial charge in [0, 0.05) is 30.3 Å². The van der Waals surface area contributed by atoms with Crippen molar-refractivity contribution in [3.05, 3.63) is 70.2 Å². The Morgan fingerprint density at radius 2 is 2.13 bits per heavy atom. The lowest BCUT2D eigenvalue weighted by atomic mass is 10.1. The second kappa shape index (κ2) is 5.88. The summed E-state index contributed by atoms with van der Waals surface area (Å²) >= 11 is 0. The van der Waals surface area contributed by atoms with Crippen molar-refractivity contribution in [2.75, 3.05) is 0 Å². The van der Waals surface area contributed by atoms with E-state index in [1.807, 2.05) is 30.3 Å². The Balaban J connectivity index is 1.80. The largest absolute Gasteiger partial charge is 0.456 e. The number of esters is 1. The maximum absolute atomic E-state index is 12.1. The van der Waals surface area contributed by atoms with Crippen LogP contribution in [0.1, 0.15) is 16.1 Å². The first-order valence-corrected chi connectivity index (χ1v) is 6.87. The number of hydrogen-bond acceptors (Lipinski definition) is 5. The molecule has 0 bridgehead atoms. The normalized spacial score (nSPS) is 10.7. The summed E-state index contributed by atoms with van der Waals surface area (Å²) in [7, 11) is 1.56. The van der Waals surface area contributed by atoms with Crippen LogP contribution in [0.25, 0.3) is 10.9 Å². The van der Waals surface area contributed by atoms with Crippen LogP contribution in [0, 0.1) is 10.1 Å². The highest BCUT2D eigenvalue weighted by molar-refractivity contribution is 5.89. The summed E-state index contributed by atoms with van der Waals surface area (Å²) in [5.74, 6) is -0.617. The zero-order valence-corrected chi connectivity index (χ0v) is 12.3. The Hall–Kier alpha value is -3.22. The van der Waals surface area contributed by atoms with Crippen LogP contribution in [-0.4, -0.2) is 20.4 Å². The number of pyridine rings is 1. The minimum Gasteiger partial charge on any atom is -0.456 e. The molecule has 0 saturated heterocycles. The van der Waals surface area contributed by atoms with E-state index in [9.17, 15) is 14.9 Å². The molecule has 0 amide bonds. The van der Waals surface area contributed by atoms with Crippen LogP contribution < -0.4 is 0 Å². The predicted molar refractivity (Wildman–Crippen MR) is 82.9 cm³/mol. The first-order valence-electron chi connectivity index (χ1n) is 6.87. The van der Waals surface area contributed by atoms with E-state index in [2.05, 4.69) is 4.98 Å². The molecule has 23 heavy (non-hydrogen) atoms. The van der Waals surface area contributed by atoms with Crippen molar-refractivity contribution in [1.82, 2.24) is 9.55 Å². The van der Waals surface area contributed by atoms with Crippen LogP contribution in [0.15, 0.2) is 48.8 Å². The molecular weight excluding hydrogens is 298 g/mol. The van der Waals surface area contributed by atoms with Gasteiger partial charge in [-0.2, -0.15) is 0 Å². The molecule has 7 nitrogen and oxygen atoms in total. The van der Waals surface area contributed by atoms with E-state index in [0.29, 0.717) is 0 Å². The van der Waals surface area contributed by atoms with Crippen LogP contribution in [0.3, 0.4) is 0 Å². The average molecular weight is 311 g/mol. The number of aromatic nitrogens is 2. The number of fused-ring (bicyclic) bond motifs is 1. The molecule has 3 rings (SSSR count). The molecule has 0 N–H and O–H groups in total. The van der Waals surface area contributed by atoms with Gasteiger partial charge in [-0.15, -0.1) is 0 Å². The SMILES string of the molecule is Cn1cc([N+](=O)[O-])cc1C(=O)OCc1cccc2cccnc12. The molecule has 2 heterocycles. The fourth-order valence-corrected chi connectivity index (χ4v) is 2.35. The lowest BCUT2D eigenvalue weighted by Gasteiger charge is -2.07. The average Bonchev–Trinajstić information content (AvgIpc) is 2.95. The summed E-state index contributed by atoms with van der Waals surface area (Å²) in [5, 5.41) is 11.7. The summed E-state index contributed by atoms with van der Waals surface area (Å²) in [6.45, 7) is 0.0478. The molecule has 0 fully saturated rings. The van der Waals surface area contributed by atoms with E-state index in [-0.39, 0.29) is 18.0 Å². The van der Waals surface area contributed by atoms with Crippen molar-refractivity contribution >= 4 is 22.6 Å². The topological polar surface area (TPSA) is 87.3 Å². The van der Waals surface area contributed by atoms with Crippen molar-refractivity contribution in [1.29, 1.82) is 0 Å². The first-order chi connectivity index (χ1) is 11.1. The lowest BCUT2D eigenvalue weighted by Crippen LogP contribution is -2.09. The Labute approximate surface area is 131 Å². The molecule has 0 spiro atoms. The molecule has 0 unspecified atom stereocenters. The molecule has 116 valence electrons. The zero-order chi connectivity index (χ0) is 16.4. The van der Waals surface area contributed by atoms with E-state index in [1.54, 1.807) is 13.2 Å². The van der Waals surface area contributed by atoms with Crippen molar-refractivity contribution in [2.45, 2.75) is 6.61 Å². The number of rotatable bonds is 4. The summed E-state index contributed by atoms with van der Waals surface area (Å²) < 4.78 is 6.65. The Bertz CT molecular complexity index is 896. The van der Waals surface area contributed by atoms with E-state index < -0.39 is 10.9 Å². The molecule has 3 aromatic rings. The number of hydrogen-bond donors (Lipinski definition) is 0. The van der Waals surface area contributed by atoms with Gasteiger partial charge >= 0.3 is 5.97 Å². The number of carbonyl (C=O) groups excluding carboxylic acids is 1. The van der Waals surface area contributed by atoms with Gasteiger partial charge < -0.3 is 9.30 Å². The van der Waals surface area contributed by atoms with Gasteiger partial charge in [-0.1, -0.05) is 24.3 Å². The number of aryl methyl sites for hydroxylation is 1. The molecule has 2 aromatic heterocycles. The van der Waals surface area contributed by atoms with Crippen LogP contribution in [-0.2, 0) is 18.4 Å². The highest BCUT2D eigenvalue weighted by Crippen LogP contribution is 2.19.